The average Bonchev–Trinajstić information content (AvgIpc) is 4.14. The lowest BCUT2D eigenvalue weighted by Crippen LogP contribution is -2.18. The zero-order valence-electron chi connectivity index (χ0n) is 46.5. The number of likely N-dealkylation sites (N-methyl/N-ethyl adjacent to an activating group) is 2. The molecule has 0 atom stereocenters. The summed E-state index contributed by atoms with van der Waals surface area (Å²) in [6.45, 7) is 6.93. The Morgan fingerprint density at radius 3 is 1.31 bits per heavy atom. The smallest absolute Gasteiger partial charge is 0.245 e. The second kappa shape index (κ2) is 30.0. The number of nitrogens with one attached hydrogen (secondary N) is 2. The van der Waals surface area contributed by atoms with Gasteiger partial charge in [-0.25, -0.2) is 17.6 Å². The Balaban J connectivity index is 0.000000230. The summed E-state index contributed by atoms with van der Waals surface area (Å²) in [5, 5.41) is 13.1. The number of unbranched alkanes of at least 4 members (excludes halogenated alkanes) is 2. The second-order valence-electron chi connectivity index (χ2n) is 18.9. The molecule has 17 heteroatoms. The minimum Gasteiger partial charge on any atom is -0.494 e. The van der Waals surface area contributed by atoms with Crippen LogP contribution < -0.4 is 15.2 Å². The van der Waals surface area contributed by atoms with Gasteiger partial charge in [0, 0.05) is 45.9 Å². The van der Waals surface area contributed by atoms with Crippen molar-refractivity contribution in [3.05, 3.63) is 214 Å². The molecule has 2 heterocycles. The summed E-state index contributed by atoms with van der Waals surface area (Å²) in [6.07, 6.45) is 10.9. The van der Waals surface area contributed by atoms with Crippen LogP contribution in [0.4, 0.5) is 26.3 Å². The molecular formula is C64H67F6N7O4. The Morgan fingerprint density at radius 1 is 0.531 bits per heavy atom. The van der Waals surface area contributed by atoms with Crippen molar-refractivity contribution in [2.75, 3.05) is 47.9 Å². The highest BCUT2D eigenvalue weighted by atomic mass is 19.2. The van der Waals surface area contributed by atoms with Gasteiger partial charge in [-0.05, 0) is 168 Å². The molecule has 8 aromatic rings. The number of carbonyl (C=O) groups is 2. The quantitative estimate of drug-likeness (QED) is 0.0298. The topological polar surface area (TPSA) is 142 Å². The number of benzene rings is 6. The summed E-state index contributed by atoms with van der Waals surface area (Å²) in [7, 11) is 6.90. The molecule has 0 bridgehead atoms. The van der Waals surface area contributed by atoms with Crippen LogP contribution in [0.3, 0.4) is 0 Å². The number of amides is 2. The molecular weight excluding hydrogens is 1040 g/mol. The molecule has 0 radical (unpaired) electrons. The number of aromatic amines is 2. The number of carbonyl (C=O) groups excluding carboxylic acids is 2. The minimum atomic E-state index is -0.661. The maximum Gasteiger partial charge on any atom is 0.245 e. The van der Waals surface area contributed by atoms with Gasteiger partial charge in [0.2, 0.25) is 23.7 Å². The predicted octanol–water partition coefficient (Wildman–Crippen LogP) is 14.3. The second-order valence-corrected chi connectivity index (χ2v) is 18.9. The monoisotopic (exact) mass is 1110 g/mol. The van der Waals surface area contributed by atoms with Crippen LogP contribution >= 0.6 is 0 Å². The van der Waals surface area contributed by atoms with E-state index in [1.807, 2.05) is 69.3 Å². The molecule has 0 fully saturated rings. The Kier molecular flexibility index (Phi) is 22.8. The molecule has 0 saturated carbocycles. The summed E-state index contributed by atoms with van der Waals surface area (Å²) in [6, 6.07) is 32.2. The van der Waals surface area contributed by atoms with Crippen molar-refractivity contribution < 1.29 is 45.4 Å². The van der Waals surface area contributed by atoms with Gasteiger partial charge in [-0.1, -0.05) is 81.5 Å². The van der Waals surface area contributed by atoms with Crippen LogP contribution in [0.1, 0.15) is 92.7 Å². The normalized spacial score (nSPS) is 11.9. The van der Waals surface area contributed by atoms with Crippen molar-refractivity contribution in [1.29, 1.82) is 0 Å². The van der Waals surface area contributed by atoms with Gasteiger partial charge < -0.3 is 25.0 Å². The van der Waals surface area contributed by atoms with E-state index in [9.17, 15) is 35.9 Å². The first-order valence-corrected chi connectivity index (χ1v) is 26.6. The fourth-order valence-corrected chi connectivity index (χ4v) is 8.70. The van der Waals surface area contributed by atoms with Gasteiger partial charge in [0.1, 0.15) is 41.4 Å². The number of H-pyrrole nitrogens is 2. The zero-order chi connectivity index (χ0) is 58.6. The van der Waals surface area contributed by atoms with E-state index in [1.165, 1.54) is 41.3 Å². The molecule has 11 nitrogen and oxygen atoms in total. The third-order valence-corrected chi connectivity index (χ3v) is 12.8. The van der Waals surface area contributed by atoms with Crippen molar-refractivity contribution in [2.45, 2.75) is 59.3 Å². The lowest BCUT2D eigenvalue weighted by atomic mass is 9.87. The summed E-state index contributed by atoms with van der Waals surface area (Å²) in [4.78, 5) is 25.4. The van der Waals surface area contributed by atoms with Crippen LogP contribution in [-0.2, 0) is 9.59 Å². The number of fused-ring (bicyclic) bond motifs is 2. The number of nitrogens with zero attached hydrogens (tertiary/aromatic N) is 4. The molecule has 2 aromatic heterocycles. The highest BCUT2D eigenvalue weighted by molar-refractivity contribution is 6.02. The average molecular weight is 1110 g/mol. The number of aromatic nitrogens is 4. The van der Waals surface area contributed by atoms with Gasteiger partial charge in [0.05, 0.1) is 28.4 Å². The van der Waals surface area contributed by atoms with E-state index in [2.05, 4.69) is 20.4 Å². The van der Waals surface area contributed by atoms with Crippen LogP contribution in [0.15, 0.2) is 146 Å². The molecule has 81 heavy (non-hydrogen) atoms. The molecule has 6 aromatic carbocycles. The third-order valence-electron chi connectivity index (χ3n) is 12.8. The summed E-state index contributed by atoms with van der Waals surface area (Å²) in [5.41, 5.74) is 11.0. The fraction of sp³-hybridized carbons (Fsp3) is 0.250. The highest BCUT2D eigenvalue weighted by Crippen LogP contribution is 2.40. The van der Waals surface area contributed by atoms with Crippen molar-refractivity contribution >= 4 is 55.9 Å². The molecule has 424 valence electrons. The zero-order valence-corrected chi connectivity index (χ0v) is 46.5. The SMILES string of the molecule is CC/C(=C(/c1ccc(OCCCC/C=C/C(=O)N(C)C)cc1)c1ccc2n[nH]c(F)c2c1)c1c(F)cccc1F.CC/C(=C(/c1ccc(OCCN)cc1)c1ccc2n[nH]c(F)c2c1)c1c(F)cccc1F.CC/C=C/C(=O)N(C)C. The molecule has 4 N–H and O–H groups in total. The van der Waals surface area contributed by atoms with Crippen LogP contribution in [0.5, 0.6) is 11.5 Å². The largest absolute Gasteiger partial charge is 0.494 e. The first-order valence-electron chi connectivity index (χ1n) is 26.6. The number of rotatable bonds is 20. The molecule has 0 aliphatic carbocycles. The maximum atomic E-state index is 14.9. The molecule has 2 amide bonds. The number of hydrogen-bond donors (Lipinski definition) is 3. The minimum absolute atomic E-state index is 0.0384. The third kappa shape index (κ3) is 16.2. The van der Waals surface area contributed by atoms with Crippen molar-refractivity contribution in [1.82, 2.24) is 30.2 Å². The van der Waals surface area contributed by atoms with Crippen LogP contribution in [0.2, 0.25) is 0 Å². The lowest BCUT2D eigenvalue weighted by molar-refractivity contribution is -0.124. The van der Waals surface area contributed by atoms with Crippen LogP contribution in [0.25, 0.3) is 44.1 Å². The molecule has 0 saturated heterocycles. The summed E-state index contributed by atoms with van der Waals surface area (Å²) < 4.78 is 99.4. The van der Waals surface area contributed by atoms with E-state index in [1.54, 1.807) is 93.8 Å². The molecule has 0 spiro atoms. The van der Waals surface area contributed by atoms with E-state index in [-0.39, 0.29) is 22.9 Å². The van der Waals surface area contributed by atoms with Gasteiger partial charge in [0.25, 0.3) is 0 Å². The Labute approximate surface area is 468 Å². The number of nitrogens with two attached hydrogens (primary N) is 1. The van der Waals surface area contributed by atoms with E-state index >= 15 is 0 Å². The molecule has 0 aliphatic rings. The first kappa shape index (κ1) is 61.5. The van der Waals surface area contributed by atoms with Crippen molar-refractivity contribution in [3.8, 4) is 11.5 Å². The number of hydrogen-bond acceptors (Lipinski definition) is 7. The number of ether oxygens (including phenoxy) is 2. The Hall–Kier alpha value is -8.70. The summed E-state index contributed by atoms with van der Waals surface area (Å²) >= 11 is 0. The van der Waals surface area contributed by atoms with E-state index < -0.39 is 35.2 Å². The molecule has 8 rings (SSSR count). The molecule has 0 unspecified atom stereocenters. The van der Waals surface area contributed by atoms with E-state index in [0.29, 0.717) is 110 Å². The van der Waals surface area contributed by atoms with Crippen molar-refractivity contribution in [3.63, 3.8) is 0 Å². The highest BCUT2D eigenvalue weighted by Gasteiger charge is 2.22. The first-order chi connectivity index (χ1) is 39.0. The van der Waals surface area contributed by atoms with Gasteiger partial charge in [-0.15, -0.1) is 0 Å². The molecule has 0 aliphatic heterocycles. The lowest BCUT2D eigenvalue weighted by Gasteiger charge is -2.18. The van der Waals surface area contributed by atoms with Crippen molar-refractivity contribution in [2.24, 2.45) is 5.73 Å². The number of halogens is 6. The Bertz CT molecular complexity index is 3490. The van der Waals surface area contributed by atoms with E-state index in [4.69, 9.17) is 15.2 Å². The number of allylic oxidation sites excluding steroid dienone is 4. The summed E-state index contributed by atoms with van der Waals surface area (Å²) in [5.74, 6) is -2.47. The van der Waals surface area contributed by atoms with E-state index in [0.717, 1.165) is 25.7 Å². The van der Waals surface area contributed by atoms with Crippen LogP contribution in [0, 0.1) is 35.2 Å². The van der Waals surface area contributed by atoms with Crippen LogP contribution in [-0.4, -0.2) is 90.0 Å². The fourth-order valence-electron chi connectivity index (χ4n) is 8.70. The van der Waals surface area contributed by atoms with Gasteiger partial charge >= 0.3 is 0 Å². The van der Waals surface area contributed by atoms with Gasteiger partial charge in [-0.3, -0.25) is 19.8 Å². The Morgan fingerprint density at radius 2 is 0.926 bits per heavy atom. The standard InChI is InChI=1S/C32H32F3N3O2.C25H22F3N3O.C7H13NO/c1-4-24(31-26(33)10-9-11-27(31)34)30(22-15-18-28-25(20-22)32(35)37-36-28)21-13-16-23(17-14-21)40-19-8-6-5-7-12-29(39)38(2)3;1-2-18(24-20(26)4-3-5-21(24)27)23(15-6-9-17(10-7-15)32-13-12-29)16-8-11-22-19(14-16)25(28)31-30-22;1-4-5-6-7(9)8(2)3/h7,9-18,20H,4-6,8,19H2,1-3H3,(H,36,37);3-11,14H,2,12-13,29H2,1H3,(H,30,31);5-6H,4H2,1-3H3/b12-7+,30-24+;23-18+;6-5+. The van der Waals surface area contributed by atoms with Gasteiger partial charge in [0.15, 0.2) is 0 Å². The van der Waals surface area contributed by atoms with Gasteiger partial charge in [-0.2, -0.15) is 19.0 Å². The predicted molar refractivity (Wildman–Crippen MR) is 310 cm³/mol. The maximum absolute atomic E-state index is 14.9.